The Labute approximate surface area is 279 Å². The number of anilines is 5. The molecule has 1 amide bonds. The van der Waals surface area contributed by atoms with Crippen LogP contribution in [-0.4, -0.2) is 90.2 Å². The summed E-state index contributed by atoms with van der Waals surface area (Å²) in [6.07, 6.45) is 6.53. The molecule has 0 radical (unpaired) electrons. The van der Waals surface area contributed by atoms with Gasteiger partial charge < -0.3 is 20.3 Å². The minimum absolute atomic E-state index is 0.314. The fourth-order valence-electron chi connectivity index (χ4n) is 7.86. The molecule has 3 aromatic rings. The van der Waals surface area contributed by atoms with E-state index < -0.39 is 17.7 Å². The standard InChI is InChI=1S/C35H42F2N8O3/c1-4-35(46)41-28-16-29(40-33-18-34(39-21-38-33)45-30(10-13-48-45)26-7-6-22(36)14-27(26)37)32(47-3)17-31(28)43-11-8-23(9-12-43)44-20-24-15-25(44)19-42(24)5-2/h4,6-7,14,16-18,21,23-25,30H,1,5,8-13,15,19-20H2,2-3H3,(H,41,46)(H,38,39,40)/t24-,25-,30+/m0/s1. The molecule has 4 aliphatic heterocycles. The van der Waals surface area contributed by atoms with E-state index in [9.17, 15) is 13.6 Å². The number of carbonyl (C=O) groups is 1. The SMILES string of the molecule is C=CC(=O)Nc1cc(Nc2cc(N3OCC[C@@H]3c3ccc(F)cc3F)ncn2)c(OC)cc1N1CCC(N2C[C@@H]3C[C@H]2CN3CC)CC1. The lowest BCUT2D eigenvalue weighted by atomic mass is 10.0. The lowest BCUT2D eigenvalue weighted by Gasteiger charge is -2.43. The zero-order valence-electron chi connectivity index (χ0n) is 27.4. The van der Waals surface area contributed by atoms with E-state index in [0.29, 0.717) is 65.5 Å². The highest BCUT2D eigenvalue weighted by Gasteiger charge is 2.45. The molecule has 3 atom stereocenters. The molecule has 4 aliphatic rings. The lowest BCUT2D eigenvalue weighted by molar-refractivity contribution is -0.111. The zero-order valence-corrected chi connectivity index (χ0v) is 27.4. The van der Waals surface area contributed by atoms with Crippen LogP contribution in [0.3, 0.4) is 0 Å². The van der Waals surface area contributed by atoms with Crippen molar-refractivity contribution in [2.75, 3.05) is 67.0 Å². The van der Waals surface area contributed by atoms with Crippen LogP contribution in [0, 0.1) is 11.6 Å². The van der Waals surface area contributed by atoms with Gasteiger partial charge in [-0.3, -0.25) is 19.4 Å². The van der Waals surface area contributed by atoms with Crippen molar-refractivity contribution in [2.24, 2.45) is 0 Å². The molecule has 13 heteroatoms. The second kappa shape index (κ2) is 13.7. The van der Waals surface area contributed by atoms with E-state index in [0.717, 1.165) is 50.8 Å². The van der Waals surface area contributed by atoms with Crippen LogP contribution in [-0.2, 0) is 9.63 Å². The first-order chi connectivity index (χ1) is 23.3. The van der Waals surface area contributed by atoms with Crippen molar-refractivity contribution in [3.63, 3.8) is 0 Å². The predicted molar refractivity (Wildman–Crippen MR) is 181 cm³/mol. The second-order valence-corrected chi connectivity index (χ2v) is 12.8. The molecule has 0 saturated carbocycles. The molecule has 0 spiro atoms. The number of nitrogens with one attached hydrogen (secondary N) is 2. The first-order valence-electron chi connectivity index (χ1n) is 16.7. The molecule has 2 N–H and O–H groups in total. The largest absolute Gasteiger partial charge is 0.494 e. The number of fused-ring (bicyclic) bond motifs is 2. The highest BCUT2D eigenvalue weighted by Crippen LogP contribution is 2.42. The van der Waals surface area contributed by atoms with Gasteiger partial charge in [-0.05, 0) is 44.0 Å². The van der Waals surface area contributed by atoms with Gasteiger partial charge in [-0.2, -0.15) is 0 Å². The number of likely N-dealkylation sites (tertiary alicyclic amines) is 2. The summed E-state index contributed by atoms with van der Waals surface area (Å²) in [6.45, 7) is 11.4. The topological polar surface area (TPSA) is 98.3 Å². The molecule has 4 saturated heterocycles. The molecule has 0 unspecified atom stereocenters. The minimum atomic E-state index is -0.641. The number of piperazine rings is 1. The third-order valence-corrected chi connectivity index (χ3v) is 10.2. The second-order valence-electron chi connectivity index (χ2n) is 12.8. The van der Waals surface area contributed by atoms with Gasteiger partial charge >= 0.3 is 0 Å². The fourth-order valence-corrected chi connectivity index (χ4v) is 7.86. The van der Waals surface area contributed by atoms with Crippen LogP contribution in [0.25, 0.3) is 0 Å². The smallest absolute Gasteiger partial charge is 0.247 e. The van der Waals surface area contributed by atoms with E-state index in [2.05, 4.69) is 48.8 Å². The zero-order chi connectivity index (χ0) is 33.4. The summed E-state index contributed by atoms with van der Waals surface area (Å²) in [4.78, 5) is 34.8. The molecule has 48 heavy (non-hydrogen) atoms. The number of ether oxygens (including phenoxy) is 1. The monoisotopic (exact) mass is 660 g/mol. The number of methoxy groups -OCH3 is 1. The van der Waals surface area contributed by atoms with Gasteiger partial charge in [-0.1, -0.05) is 19.6 Å². The number of likely N-dealkylation sites (N-methyl/N-ethyl adjacent to an activating group) is 1. The molecule has 254 valence electrons. The molecule has 4 fully saturated rings. The third-order valence-electron chi connectivity index (χ3n) is 10.2. The van der Waals surface area contributed by atoms with E-state index in [1.54, 1.807) is 13.2 Å². The summed E-state index contributed by atoms with van der Waals surface area (Å²) in [5, 5.41) is 7.82. The van der Waals surface area contributed by atoms with Crippen molar-refractivity contribution in [1.82, 2.24) is 19.8 Å². The number of carbonyl (C=O) groups excluding carboxylic acids is 1. The Bertz CT molecular complexity index is 1670. The molecular formula is C35H42F2N8O3. The van der Waals surface area contributed by atoms with Crippen molar-refractivity contribution in [3.8, 4) is 5.75 Å². The number of nitrogens with zero attached hydrogens (tertiary/aromatic N) is 6. The maximum atomic E-state index is 14.7. The first-order valence-corrected chi connectivity index (χ1v) is 16.7. The summed E-state index contributed by atoms with van der Waals surface area (Å²) in [5.74, 6) is -0.179. The van der Waals surface area contributed by atoms with Crippen LogP contribution in [0.15, 0.2) is 55.4 Å². The summed E-state index contributed by atoms with van der Waals surface area (Å²) in [5.41, 5.74) is 2.41. The maximum absolute atomic E-state index is 14.7. The van der Waals surface area contributed by atoms with E-state index in [4.69, 9.17) is 9.57 Å². The number of piperidine rings is 1. The average Bonchev–Trinajstić information content (AvgIpc) is 3.85. The third kappa shape index (κ3) is 6.29. The highest BCUT2D eigenvalue weighted by molar-refractivity contribution is 6.02. The number of halogens is 2. The van der Waals surface area contributed by atoms with Crippen LogP contribution >= 0.6 is 0 Å². The predicted octanol–water partition coefficient (Wildman–Crippen LogP) is 5.26. The van der Waals surface area contributed by atoms with Gasteiger partial charge in [0.1, 0.15) is 29.5 Å². The lowest BCUT2D eigenvalue weighted by Crippen LogP contribution is -2.53. The van der Waals surface area contributed by atoms with Gasteiger partial charge in [0.15, 0.2) is 5.82 Å². The van der Waals surface area contributed by atoms with Crippen LogP contribution in [0.4, 0.5) is 37.5 Å². The Morgan fingerprint density at radius 3 is 2.60 bits per heavy atom. The summed E-state index contributed by atoms with van der Waals surface area (Å²) in [6, 6.07) is 10.4. The Morgan fingerprint density at radius 2 is 1.90 bits per heavy atom. The van der Waals surface area contributed by atoms with Crippen molar-refractivity contribution in [1.29, 1.82) is 0 Å². The van der Waals surface area contributed by atoms with Gasteiger partial charge in [0, 0.05) is 74.5 Å². The number of hydrogen-bond donors (Lipinski definition) is 2. The molecule has 0 aliphatic carbocycles. The summed E-state index contributed by atoms with van der Waals surface area (Å²) in [7, 11) is 1.60. The van der Waals surface area contributed by atoms with Crippen molar-refractivity contribution in [2.45, 2.75) is 56.8 Å². The number of rotatable bonds is 10. The number of aromatic nitrogens is 2. The van der Waals surface area contributed by atoms with E-state index >= 15 is 0 Å². The van der Waals surface area contributed by atoms with Crippen LogP contribution < -0.4 is 25.3 Å². The van der Waals surface area contributed by atoms with Crippen LogP contribution in [0.2, 0.25) is 0 Å². The highest BCUT2D eigenvalue weighted by atomic mass is 19.1. The quantitative estimate of drug-likeness (QED) is 0.280. The van der Waals surface area contributed by atoms with Crippen molar-refractivity contribution < 1.29 is 23.1 Å². The fraction of sp³-hybridized carbons (Fsp3) is 0.457. The Kier molecular flexibility index (Phi) is 9.17. The number of hydroxylamine groups is 1. The number of amides is 1. The number of hydrogen-bond acceptors (Lipinski definition) is 10. The minimum Gasteiger partial charge on any atom is -0.494 e. The van der Waals surface area contributed by atoms with Crippen LogP contribution in [0.5, 0.6) is 5.75 Å². The van der Waals surface area contributed by atoms with Crippen molar-refractivity contribution >= 4 is 34.6 Å². The van der Waals surface area contributed by atoms with Gasteiger partial charge in [-0.25, -0.2) is 23.8 Å². The van der Waals surface area contributed by atoms with Crippen LogP contribution in [0.1, 0.15) is 44.2 Å². The van der Waals surface area contributed by atoms with Gasteiger partial charge in [0.05, 0.1) is 36.8 Å². The van der Waals surface area contributed by atoms with E-state index in [-0.39, 0.29) is 5.91 Å². The van der Waals surface area contributed by atoms with Crippen molar-refractivity contribution in [3.05, 3.63) is 72.6 Å². The molecule has 1 aromatic heterocycles. The van der Waals surface area contributed by atoms with E-state index in [1.165, 1.54) is 42.6 Å². The average molecular weight is 661 g/mol. The Morgan fingerprint density at radius 1 is 1.06 bits per heavy atom. The molecular weight excluding hydrogens is 618 g/mol. The van der Waals surface area contributed by atoms with E-state index in [1.807, 2.05) is 12.1 Å². The molecule has 2 aromatic carbocycles. The maximum Gasteiger partial charge on any atom is 0.247 e. The van der Waals surface area contributed by atoms with Gasteiger partial charge in [-0.15, -0.1) is 0 Å². The molecule has 11 nitrogen and oxygen atoms in total. The Hall–Kier alpha value is -4.33. The summed E-state index contributed by atoms with van der Waals surface area (Å²) < 4.78 is 34.1. The molecule has 5 heterocycles. The molecule has 7 rings (SSSR count). The number of benzene rings is 2. The Balaban J connectivity index is 1.10. The molecule has 2 bridgehead atoms. The first kappa shape index (κ1) is 32.2. The van der Waals surface area contributed by atoms with Gasteiger partial charge in [0.25, 0.3) is 0 Å². The van der Waals surface area contributed by atoms with Gasteiger partial charge in [0.2, 0.25) is 5.91 Å². The normalized spacial score (nSPS) is 23.1. The summed E-state index contributed by atoms with van der Waals surface area (Å²) >= 11 is 0.